The lowest BCUT2D eigenvalue weighted by atomic mass is 10.1. The highest BCUT2D eigenvalue weighted by Gasteiger charge is 2.02. The fourth-order valence-electron chi connectivity index (χ4n) is 0.890. The first kappa shape index (κ1) is 9.25. The van der Waals surface area contributed by atoms with Crippen molar-refractivity contribution in [3.05, 3.63) is 35.4 Å². The lowest BCUT2D eigenvalue weighted by Gasteiger charge is -1.98. The molecule has 0 saturated carbocycles. The molecule has 0 aliphatic carbocycles. The van der Waals surface area contributed by atoms with Crippen LogP contribution in [0.5, 0.6) is 0 Å². The summed E-state index contributed by atoms with van der Waals surface area (Å²) in [7, 11) is 1.32. The van der Waals surface area contributed by atoms with Crippen molar-refractivity contribution >= 4 is 12.2 Å². The molecule has 4 heteroatoms. The number of hydrogen-bond donors (Lipinski definition) is 1. The molecule has 13 heavy (non-hydrogen) atoms. The average molecular weight is 179 g/mol. The predicted molar refractivity (Wildman–Crippen MR) is 47.2 cm³/mol. The van der Waals surface area contributed by atoms with Crippen LogP contribution in [0, 0.1) is 0 Å². The molecule has 0 amide bonds. The van der Waals surface area contributed by atoms with Gasteiger partial charge < -0.3 is 9.94 Å². The molecule has 0 aromatic heterocycles. The highest BCUT2D eigenvalue weighted by atomic mass is 16.5. The third kappa shape index (κ3) is 2.30. The molecule has 0 heterocycles. The molecule has 1 N–H and O–H groups in total. The molecule has 0 unspecified atom stereocenters. The molecular formula is C9H9NO3. The number of carbonyl (C=O) groups excluding carboxylic acids is 1. The average Bonchev–Trinajstić information content (AvgIpc) is 2.18. The zero-order valence-electron chi connectivity index (χ0n) is 7.10. The van der Waals surface area contributed by atoms with Crippen molar-refractivity contribution in [2.75, 3.05) is 7.11 Å². The zero-order valence-corrected chi connectivity index (χ0v) is 7.10. The summed E-state index contributed by atoms with van der Waals surface area (Å²) in [4.78, 5) is 11.0. The number of carbonyl (C=O) groups is 1. The Hall–Kier alpha value is -1.84. The van der Waals surface area contributed by atoms with Crippen LogP contribution in [-0.4, -0.2) is 24.5 Å². The standard InChI is InChI=1S/C9H9NO3/c1-13-9(11)8-4-2-7(3-5-8)6-10-12/h2-6,12H,1H3. The van der Waals surface area contributed by atoms with E-state index in [0.717, 1.165) is 5.56 Å². The van der Waals surface area contributed by atoms with Crippen molar-refractivity contribution in [2.45, 2.75) is 0 Å². The van der Waals surface area contributed by atoms with Gasteiger partial charge in [-0.3, -0.25) is 0 Å². The summed E-state index contributed by atoms with van der Waals surface area (Å²) in [5.41, 5.74) is 1.19. The monoisotopic (exact) mass is 179 g/mol. The molecule has 0 spiro atoms. The Morgan fingerprint density at radius 2 is 2.08 bits per heavy atom. The van der Waals surface area contributed by atoms with E-state index in [0.29, 0.717) is 5.56 Å². The van der Waals surface area contributed by atoms with Gasteiger partial charge in [-0.05, 0) is 17.7 Å². The molecule has 1 rings (SSSR count). The van der Waals surface area contributed by atoms with Gasteiger partial charge >= 0.3 is 5.97 Å². The van der Waals surface area contributed by atoms with Crippen molar-refractivity contribution in [1.29, 1.82) is 0 Å². The molecule has 0 bridgehead atoms. The first-order chi connectivity index (χ1) is 6.27. The van der Waals surface area contributed by atoms with Gasteiger partial charge in [-0.2, -0.15) is 0 Å². The highest BCUT2D eigenvalue weighted by Crippen LogP contribution is 2.03. The van der Waals surface area contributed by atoms with Crippen LogP contribution in [0.4, 0.5) is 0 Å². The summed E-state index contributed by atoms with van der Waals surface area (Å²) in [6, 6.07) is 6.52. The van der Waals surface area contributed by atoms with E-state index in [1.165, 1.54) is 13.3 Å². The fraction of sp³-hybridized carbons (Fsp3) is 0.111. The second kappa shape index (κ2) is 4.25. The molecule has 4 nitrogen and oxygen atoms in total. The van der Waals surface area contributed by atoms with Crippen molar-refractivity contribution in [3.63, 3.8) is 0 Å². The van der Waals surface area contributed by atoms with Gasteiger partial charge in [-0.15, -0.1) is 0 Å². The molecule has 0 saturated heterocycles. The third-order valence-electron chi connectivity index (χ3n) is 1.54. The normalized spacial score (nSPS) is 10.2. The number of ether oxygens (including phenoxy) is 1. The molecule has 1 aromatic rings. The Kier molecular flexibility index (Phi) is 3.03. The lowest BCUT2D eigenvalue weighted by Crippen LogP contribution is -2.00. The maximum Gasteiger partial charge on any atom is 0.337 e. The van der Waals surface area contributed by atoms with Gasteiger partial charge in [0.1, 0.15) is 0 Å². The van der Waals surface area contributed by atoms with E-state index in [1.807, 2.05) is 0 Å². The summed E-state index contributed by atoms with van der Waals surface area (Å²) in [6.45, 7) is 0. The van der Waals surface area contributed by atoms with Gasteiger partial charge in [0.25, 0.3) is 0 Å². The third-order valence-corrected chi connectivity index (χ3v) is 1.54. The number of hydrogen-bond acceptors (Lipinski definition) is 4. The second-order valence-electron chi connectivity index (χ2n) is 2.36. The van der Waals surface area contributed by atoms with E-state index in [-0.39, 0.29) is 5.97 Å². The van der Waals surface area contributed by atoms with Crippen molar-refractivity contribution in [3.8, 4) is 0 Å². The molecule has 0 aliphatic rings. The lowest BCUT2D eigenvalue weighted by molar-refractivity contribution is 0.0601. The van der Waals surface area contributed by atoms with Crippen molar-refractivity contribution in [1.82, 2.24) is 0 Å². The maximum atomic E-state index is 11.0. The van der Waals surface area contributed by atoms with Crippen LogP contribution < -0.4 is 0 Å². The first-order valence-electron chi connectivity index (χ1n) is 3.63. The van der Waals surface area contributed by atoms with Crippen LogP contribution in [0.3, 0.4) is 0 Å². The molecule has 0 fully saturated rings. The minimum atomic E-state index is -0.382. The SMILES string of the molecule is COC(=O)c1ccc(C=NO)cc1. The van der Waals surface area contributed by atoms with E-state index < -0.39 is 0 Å². The van der Waals surface area contributed by atoms with Crippen molar-refractivity contribution in [2.24, 2.45) is 5.16 Å². The summed E-state index contributed by atoms with van der Waals surface area (Å²) in [5.74, 6) is -0.382. The first-order valence-corrected chi connectivity index (χ1v) is 3.63. The Labute approximate surface area is 75.4 Å². The summed E-state index contributed by atoms with van der Waals surface area (Å²) in [5, 5.41) is 11.1. The molecule has 0 aliphatic heterocycles. The van der Waals surface area contributed by atoms with E-state index in [2.05, 4.69) is 9.89 Å². The van der Waals surface area contributed by atoms with Crippen LogP contribution in [0.15, 0.2) is 29.4 Å². The van der Waals surface area contributed by atoms with E-state index in [9.17, 15) is 4.79 Å². The summed E-state index contributed by atoms with van der Waals surface area (Å²) >= 11 is 0. The van der Waals surface area contributed by atoms with E-state index >= 15 is 0 Å². The fourth-order valence-corrected chi connectivity index (χ4v) is 0.890. The van der Waals surface area contributed by atoms with Gasteiger partial charge in [-0.25, -0.2) is 4.79 Å². The maximum absolute atomic E-state index is 11.0. The van der Waals surface area contributed by atoms with E-state index in [4.69, 9.17) is 5.21 Å². The molecule has 1 aromatic carbocycles. The van der Waals surface area contributed by atoms with Gasteiger partial charge in [0, 0.05) is 0 Å². The highest BCUT2D eigenvalue weighted by molar-refractivity contribution is 5.90. The number of methoxy groups -OCH3 is 1. The Balaban J connectivity index is 2.87. The number of benzene rings is 1. The zero-order chi connectivity index (χ0) is 9.68. The number of oxime groups is 1. The molecule has 0 atom stereocenters. The van der Waals surface area contributed by atoms with Crippen molar-refractivity contribution < 1.29 is 14.7 Å². The summed E-state index contributed by atoms with van der Waals surface area (Å²) in [6.07, 6.45) is 1.28. The largest absolute Gasteiger partial charge is 0.465 e. The Morgan fingerprint density at radius 3 is 2.54 bits per heavy atom. The van der Waals surface area contributed by atoms with Crippen LogP contribution >= 0.6 is 0 Å². The Morgan fingerprint density at radius 1 is 1.46 bits per heavy atom. The van der Waals surface area contributed by atoms with Crippen LogP contribution in [0.2, 0.25) is 0 Å². The van der Waals surface area contributed by atoms with Gasteiger partial charge in [0.2, 0.25) is 0 Å². The minimum Gasteiger partial charge on any atom is -0.465 e. The Bertz CT molecular complexity index is 316. The van der Waals surface area contributed by atoms with Crippen LogP contribution in [0.25, 0.3) is 0 Å². The quantitative estimate of drug-likeness (QED) is 0.322. The smallest absolute Gasteiger partial charge is 0.337 e. The number of esters is 1. The summed E-state index contributed by atoms with van der Waals surface area (Å²) < 4.78 is 4.51. The molecular weight excluding hydrogens is 170 g/mol. The number of rotatable bonds is 2. The topological polar surface area (TPSA) is 58.9 Å². The van der Waals surface area contributed by atoms with Gasteiger partial charge in [0.05, 0.1) is 18.9 Å². The van der Waals surface area contributed by atoms with Gasteiger partial charge in [0.15, 0.2) is 0 Å². The van der Waals surface area contributed by atoms with E-state index in [1.54, 1.807) is 24.3 Å². The number of nitrogens with zero attached hydrogens (tertiary/aromatic N) is 1. The van der Waals surface area contributed by atoms with Crippen LogP contribution in [-0.2, 0) is 4.74 Å². The van der Waals surface area contributed by atoms with Gasteiger partial charge in [-0.1, -0.05) is 17.3 Å². The molecule has 68 valence electrons. The molecule has 0 radical (unpaired) electrons. The predicted octanol–water partition coefficient (Wildman–Crippen LogP) is 1.28. The second-order valence-corrected chi connectivity index (χ2v) is 2.36. The van der Waals surface area contributed by atoms with Crippen LogP contribution in [0.1, 0.15) is 15.9 Å². The minimum absolute atomic E-state index is 0.382.